The average Bonchev–Trinajstić information content (AvgIpc) is 2.86. The predicted octanol–water partition coefficient (Wildman–Crippen LogP) is 3.25. The minimum absolute atomic E-state index is 0.0774. The molecule has 0 radical (unpaired) electrons. The molecular weight excluding hydrogens is 514 g/mol. The van der Waals surface area contributed by atoms with Gasteiger partial charge >= 0.3 is 6.18 Å². The van der Waals surface area contributed by atoms with E-state index in [2.05, 4.69) is 21.2 Å². The van der Waals surface area contributed by atoms with Crippen molar-refractivity contribution >= 4 is 39.3 Å². The van der Waals surface area contributed by atoms with Crippen molar-refractivity contribution in [2.45, 2.75) is 17.2 Å². The maximum absolute atomic E-state index is 13.7. The Labute approximate surface area is 193 Å². The van der Waals surface area contributed by atoms with Crippen molar-refractivity contribution in [2.24, 2.45) is 0 Å². The highest BCUT2D eigenvalue weighted by Crippen LogP contribution is 2.33. The molecule has 0 aromatic heterocycles. The topological polar surface area (TPSA) is 79.0 Å². The Morgan fingerprint density at radius 2 is 1.88 bits per heavy atom. The number of para-hydroxylation sites is 1. The molecule has 2 atom stereocenters. The van der Waals surface area contributed by atoms with Crippen molar-refractivity contribution in [1.82, 2.24) is 9.80 Å². The number of hydrogen-bond acceptors (Lipinski definition) is 4. The Kier molecular flexibility index (Phi) is 6.04. The minimum Gasteiger partial charge on any atom is -0.484 e. The first-order valence-electron chi connectivity index (χ1n) is 9.72. The number of fused-ring (bicyclic) bond motifs is 2. The van der Waals surface area contributed by atoms with Crippen LogP contribution in [0.5, 0.6) is 5.75 Å². The Morgan fingerprint density at radius 1 is 1.15 bits per heavy atom. The van der Waals surface area contributed by atoms with E-state index in [0.717, 1.165) is 6.07 Å². The number of carbonyl (C=O) groups excluding carboxylic acids is 3. The van der Waals surface area contributed by atoms with Crippen LogP contribution in [0.15, 0.2) is 42.5 Å². The molecule has 7 nitrogen and oxygen atoms in total. The van der Waals surface area contributed by atoms with E-state index in [4.69, 9.17) is 4.74 Å². The quantitative estimate of drug-likeness (QED) is 0.376. The second kappa shape index (κ2) is 8.65. The summed E-state index contributed by atoms with van der Waals surface area (Å²) in [7, 11) is 0. The first-order valence-corrected chi connectivity index (χ1v) is 10.6. The summed E-state index contributed by atoms with van der Waals surface area (Å²) in [5.74, 6) is -3.22. The fourth-order valence-electron chi connectivity index (χ4n) is 3.74. The van der Waals surface area contributed by atoms with E-state index in [1.54, 1.807) is 24.3 Å². The highest BCUT2D eigenvalue weighted by molar-refractivity contribution is 9.09. The summed E-state index contributed by atoms with van der Waals surface area (Å²) in [5, 5.41) is 2.69. The number of hydrogen-bond donors (Lipinski definition) is 1. The molecule has 3 amide bonds. The molecule has 2 aliphatic heterocycles. The lowest BCUT2D eigenvalue weighted by atomic mass is 10.1. The fourth-order valence-corrected chi connectivity index (χ4v) is 4.70. The number of carbonyl (C=O) groups is 3. The van der Waals surface area contributed by atoms with E-state index in [1.807, 2.05) is 0 Å². The zero-order valence-electron chi connectivity index (χ0n) is 16.7. The second-order valence-corrected chi connectivity index (χ2v) is 8.30. The summed E-state index contributed by atoms with van der Waals surface area (Å²) in [5.41, 5.74) is -0.740. The van der Waals surface area contributed by atoms with E-state index in [1.165, 1.54) is 9.80 Å². The lowest BCUT2D eigenvalue weighted by Crippen LogP contribution is -2.63. The first-order chi connectivity index (χ1) is 15.6. The lowest BCUT2D eigenvalue weighted by molar-refractivity contribution is -0.141. The van der Waals surface area contributed by atoms with Crippen molar-refractivity contribution < 1.29 is 36.7 Å². The summed E-state index contributed by atoms with van der Waals surface area (Å²) in [6.45, 7) is -0.444. The van der Waals surface area contributed by atoms with Crippen LogP contribution < -0.4 is 10.1 Å². The third-order valence-corrected chi connectivity index (χ3v) is 6.34. The van der Waals surface area contributed by atoms with Crippen LogP contribution >= 0.6 is 15.9 Å². The Morgan fingerprint density at radius 3 is 2.58 bits per heavy atom. The van der Waals surface area contributed by atoms with Gasteiger partial charge in [0.15, 0.2) is 6.61 Å². The number of piperazine rings is 1. The van der Waals surface area contributed by atoms with Crippen molar-refractivity contribution in [1.29, 1.82) is 0 Å². The van der Waals surface area contributed by atoms with Gasteiger partial charge in [-0.25, -0.2) is 4.39 Å². The average molecular weight is 530 g/mol. The monoisotopic (exact) mass is 529 g/mol. The van der Waals surface area contributed by atoms with Gasteiger partial charge in [-0.3, -0.25) is 14.4 Å². The SMILES string of the molecule is O=C1Nc2ccccc2C(=O)N2CCN(C(=O)COc3ccc(C(F)(F)F)c(F)c3)C(Br)C12. The zero-order valence-corrected chi connectivity index (χ0v) is 18.3. The number of ether oxygens (including phenoxy) is 1. The molecule has 2 aromatic carbocycles. The van der Waals surface area contributed by atoms with E-state index in [9.17, 15) is 31.9 Å². The maximum Gasteiger partial charge on any atom is 0.419 e. The first kappa shape index (κ1) is 23.0. The lowest BCUT2D eigenvalue weighted by Gasteiger charge is -2.43. The van der Waals surface area contributed by atoms with E-state index in [-0.39, 0.29) is 24.7 Å². The maximum atomic E-state index is 13.7. The zero-order chi connectivity index (χ0) is 23.9. The predicted molar refractivity (Wildman–Crippen MR) is 111 cm³/mol. The number of halogens is 5. The standard InChI is InChI=1S/C21H16BrF4N3O4/c22-18-17-19(31)27-15-4-2-1-3-12(15)20(32)29(17)8-7-28(18)16(30)10-33-11-5-6-13(14(23)9-11)21(24,25)26/h1-6,9,17-18H,7-8,10H2,(H,27,31). The number of rotatable bonds is 3. The van der Waals surface area contributed by atoms with Crippen molar-refractivity contribution in [3.05, 3.63) is 59.4 Å². The molecule has 33 heavy (non-hydrogen) atoms. The second-order valence-electron chi connectivity index (χ2n) is 7.37. The summed E-state index contributed by atoms with van der Waals surface area (Å²) < 4.78 is 56.9. The summed E-state index contributed by atoms with van der Waals surface area (Å²) in [6.07, 6.45) is -4.85. The molecule has 1 N–H and O–H groups in total. The number of alkyl halides is 4. The van der Waals surface area contributed by atoms with Crippen LogP contribution in [-0.4, -0.2) is 58.2 Å². The van der Waals surface area contributed by atoms with Crippen LogP contribution in [0, 0.1) is 5.82 Å². The molecule has 0 spiro atoms. The largest absolute Gasteiger partial charge is 0.484 e. The van der Waals surface area contributed by atoms with Gasteiger partial charge in [-0.2, -0.15) is 13.2 Å². The molecule has 174 valence electrons. The normalized spacial score (nSPS) is 20.5. The highest BCUT2D eigenvalue weighted by atomic mass is 79.9. The molecule has 2 aliphatic rings. The van der Waals surface area contributed by atoms with Crippen LogP contribution in [0.25, 0.3) is 0 Å². The van der Waals surface area contributed by atoms with Gasteiger partial charge in [0.2, 0.25) is 5.91 Å². The molecule has 0 bridgehead atoms. The third kappa shape index (κ3) is 4.39. The molecule has 0 aliphatic carbocycles. The Bertz CT molecular complexity index is 1130. The minimum atomic E-state index is -4.85. The van der Waals surface area contributed by atoms with Gasteiger partial charge in [-0.1, -0.05) is 28.1 Å². The summed E-state index contributed by atoms with van der Waals surface area (Å²) in [4.78, 5) is 40.3. The van der Waals surface area contributed by atoms with Gasteiger partial charge in [0.1, 0.15) is 22.6 Å². The molecule has 2 heterocycles. The van der Waals surface area contributed by atoms with E-state index in [0.29, 0.717) is 23.4 Å². The molecule has 4 rings (SSSR count). The van der Waals surface area contributed by atoms with Crippen LogP contribution in [0.3, 0.4) is 0 Å². The summed E-state index contributed by atoms with van der Waals surface area (Å²) >= 11 is 3.32. The molecular formula is C21H16BrF4N3O4. The van der Waals surface area contributed by atoms with Crippen molar-refractivity contribution in [3.8, 4) is 5.75 Å². The van der Waals surface area contributed by atoms with Crippen LogP contribution in [-0.2, 0) is 15.8 Å². The summed E-state index contributed by atoms with van der Waals surface area (Å²) in [6, 6.07) is 7.53. The number of anilines is 1. The van der Waals surface area contributed by atoms with E-state index >= 15 is 0 Å². The fraction of sp³-hybridized carbons (Fsp3) is 0.286. The van der Waals surface area contributed by atoms with Gasteiger partial charge in [0.05, 0.1) is 16.8 Å². The Hall–Kier alpha value is -3.15. The van der Waals surface area contributed by atoms with Crippen molar-refractivity contribution in [3.63, 3.8) is 0 Å². The number of nitrogens with one attached hydrogen (secondary N) is 1. The molecule has 1 saturated heterocycles. The number of nitrogens with zero attached hydrogens (tertiary/aromatic N) is 2. The number of benzene rings is 2. The molecule has 0 saturated carbocycles. The molecule has 2 aromatic rings. The molecule has 1 fully saturated rings. The highest BCUT2D eigenvalue weighted by Gasteiger charge is 2.46. The van der Waals surface area contributed by atoms with Gasteiger partial charge < -0.3 is 19.9 Å². The van der Waals surface area contributed by atoms with Gasteiger partial charge in [0.25, 0.3) is 11.8 Å². The van der Waals surface area contributed by atoms with E-state index < -0.39 is 47.0 Å². The number of amides is 3. The van der Waals surface area contributed by atoms with Gasteiger partial charge in [-0.05, 0) is 24.3 Å². The third-order valence-electron chi connectivity index (χ3n) is 5.35. The van der Waals surface area contributed by atoms with Crippen LogP contribution in [0.4, 0.5) is 23.2 Å². The van der Waals surface area contributed by atoms with Gasteiger partial charge in [0, 0.05) is 19.2 Å². The van der Waals surface area contributed by atoms with Gasteiger partial charge in [-0.15, -0.1) is 0 Å². The molecule has 12 heteroatoms. The smallest absolute Gasteiger partial charge is 0.419 e. The van der Waals surface area contributed by atoms with Crippen LogP contribution in [0.2, 0.25) is 0 Å². The van der Waals surface area contributed by atoms with Crippen molar-refractivity contribution in [2.75, 3.05) is 25.0 Å². The Balaban J connectivity index is 1.46. The van der Waals surface area contributed by atoms with Crippen LogP contribution in [0.1, 0.15) is 15.9 Å². The molecule has 2 unspecified atom stereocenters.